The molecule has 4 heterocycles. The van der Waals surface area contributed by atoms with Crippen LogP contribution in [0.5, 0.6) is 0 Å². The Kier molecular flexibility index (Phi) is 8.54. The molecule has 1 saturated heterocycles. The fourth-order valence-corrected chi connectivity index (χ4v) is 6.38. The number of rotatable bonds is 13. The van der Waals surface area contributed by atoms with E-state index in [1.807, 2.05) is 18.2 Å². The Bertz CT molecular complexity index is 1440. The predicted octanol–water partition coefficient (Wildman–Crippen LogP) is 4.97. The average Bonchev–Trinajstić information content (AvgIpc) is 3.68. The first-order valence-electron chi connectivity index (χ1n) is 13.9. The zero-order valence-electron chi connectivity index (χ0n) is 22.3. The van der Waals surface area contributed by atoms with E-state index in [0.29, 0.717) is 18.4 Å². The molecule has 1 aromatic carbocycles. The second-order valence-corrected chi connectivity index (χ2v) is 12.3. The van der Waals surface area contributed by atoms with E-state index < -0.39 is 10.0 Å². The largest absolute Gasteiger partial charge is 0.303 e. The highest BCUT2D eigenvalue weighted by molar-refractivity contribution is 7.89. The normalized spacial score (nSPS) is 14.6. The van der Waals surface area contributed by atoms with Crippen molar-refractivity contribution in [3.8, 4) is 11.3 Å². The molecule has 8 nitrogen and oxygen atoms in total. The van der Waals surface area contributed by atoms with Gasteiger partial charge in [-0.3, -0.25) is 0 Å². The molecule has 0 unspecified atom stereocenters. The minimum absolute atomic E-state index is 0.100. The molecule has 1 aliphatic rings. The molecule has 0 spiro atoms. The van der Waals surface area contributed by atoms with Crippen LogP contribution in [0, 0.1) is 0 Å². The first-order valence-corrected chi connectivity index (χ1v) is 15.6. The van der Waals surface area contributed by atoms with E-state index in [2.05, 4.69) is 41.2 Å². The average molecular weight is 535 g/mol. The summed E-state index contributed by atoms with van der Waals surface area (Å²) < 4.78 is 28.3. The molecule has 0 radical (unpaired) electrons. The highest BCUT2D eigenvalue weighted by Crippen LogP contribution is 2.21. The van der Waals surface area contributed by atoms with Crippen LogP contribution in [0.1, 0.15) is 68.8 Å². The summed E-state index contributed by atoms with van der Waals surface area (Å²) in [6, 6.07) is 14.5. The van der Waals surface area contributed by atoms with Gasteiger partial charge in [-0.2, -0.15) is 14.3 Å². The maximum atomic E-state index is 12.7. The third-order valence-electron chi connectivity index (χ3n) is 7.32. The minimum atomic E-state index is -3.47. The zero-order valence-corrected chi connectivity index (χ0v) is 23.1. The van der Waals surface area contributed by atoms with Gasteiger partial charge in [0, 0.05) is 12.0 Å². The summed E-state index contributed by atoms with van der Waals surface area (Å²) in [5, 5.41) is 8.92. The summed E-state index contributed by atoms with van der Waals surface area (Å²) in [7, 11) is -3.47. The van der Waals surface area contributed by atoms with Gasteiger partial charge in [0.05, 0.1) is 23.8 Å². The molecular weight excluding hydrogens is 496 g/mol. The predicted molar refractivity (Wildman–Crippen MR) is 151 cm³/mol. The Morgan fingerprint density at radius 2 is 1.71 bits per heavy atom. The van der Waals surface area contributed by atoms with Gasteiger partial charge in [0.1, 0.15) is 0 Å². The highest BCUT2D eigenvalue weighted by Gasteiger charge is 2.17. The quantitative estimate of drug-likeness (QED) is 0.225. The van der Waals surface area contributed by atoms with E-state index in [9.17, 15) is 8.42 Å². The Morgan fingerprint density at radius 1 is 0.921 bits per heavy atom. The number of unbranched alkanes of at least 4 members (excludes halogenated alkanes) is 3. The molecule has 202 valence electrons. The van der Waals surface area contributed by atoms with Crippen LogP contribution in [0.25, 0.3) is 16.9 Å². The van der Waals surface area contributed by atoms with Crippen molar-refractivity contribution in [1.29, 1.82) is 0 Å². The van der Waals surface area contributed by atoms with Gasteiger partial charge in [-0.05, 0) is 75.0 Å². The van der Waals surface area contributed by atoms with E-state index in [0.717, 1.165) is 46.9 Å². The molecule has 3 aromatic heterocycles. The lowest BCUT2D eigenvalue weighted by molar-refractivity contribution is 0.334. The molecule has 9 heteroatoms. The molecule has 4 aromatic rings. The summed E-state index contributed by atoms with van der Waals surface area (Å²) in [6.07, 6.45) is 12.5. The second kappa shape index (κ2) is 12.2. The third-order valence-corrected chi connectivity index (χ3v) is 8.90. The molecular formula is C29H38N6O2S. The van der Waals surface area contributed by atoms with E-state index in [4.69, 9.17) is 10.1 Å². The van der Waals surface area contributed by atoms with Crippen molar-refractivity contribution < 1.29 is 8.42 Å². The number of pyridine rings is 1. The first-order chi connectivity index (χ1) is 18.5. The van der Waals surface area contributed by atoms with E-state index in [1.54, 1.807) is 16.9 Å². The van der Waals surface area contributed by atoms with Gasteiger partial charge >= 0.3 is 0 Å². The molecule has 5 rings (SSSR count). The highest BCUT2D eigenvalue weighted by atomic mass is 32.2. The van der Waals surface area contributed by atoms with E-state index in [-0.39, 0.29) is 5.75 Å². The van der Waals surface area contributed by atoms with Crippen LogP contribution in [0.15, 0.2) is 54.9 Å². The third kappa shape index (κ3) is 6.50. The lowest BCUT2D eigenvalue weighted by atomic mass is 10.1. The van der Waals surface area contributed by atoms with E-state index >= 15 is 0 Å². The number of fused-ring (bicyclic) bond motifs is 1. The van der Waals surface area contributed by atoms with Crippen molar-refractivity contribution >= 4 is 15.7 Å². The Balaban J connectivity index is 1.24. The topological polar surface area (TPSA) is 85.4 Å². The Morgan fingerprint density at radius 3 is 2.50 bits per heavy atom. The minimum Gasteiger partial charge on any atom is -0.303 e. The van der Waals surface area contributed by atoms with Crippen LogP contribution >= 0.6 is 0 Å². The van der Waals surface area contributed by atoms with Gasteiger partial charge in [0.15, 0.2) is 11.5 Å². The van der Waals surface area contributed by atoms with Crippen LogP contribution in [-0.4, -0.2) is 62.5 Å². The Hall–Kier alpha value is -3.04. The van der Waals surface area contributed by atoms with E-state index in [1.165, 1.54) is 50.0 Å². The number of aryl methyl sites for hydroxylation is 1. The first kappa shape index (κ1) is 26.6. The lowest BCUT2D eigenvalue weighted by Gasteiger charge is -2.13. The lowest BCUT2D eigenvalue weighted by Crippen LogP contribution is -2.20. The van der Waals surface area contributed by atoms with Crippen LogP contribution in [0.4, 0.5) is 0 Å². The van der Waals surface area contributed by atoms with Crippen LogP contribution < -0.4 is 0 Å². The molecule has 1 fully saturated rings. The number of likely N-dealkylation sites (tertiary alicyclic amines) is 1. The number of aromatic nitrogens is 5. The van der Waals surface area contributed by atoms with Crippen molar-refractivity contribution in [2.45, 2.75) is 64.7 Å². The summed E-state index contributed by atoms with van der Waals surface area (Å²) in [5.74, 6) is 0.832. The van der Waals surface area contributed by atoms with Crippen LogP contribution in [-0.2, 0) is 22.9 Å². The van der Waals surface area contributed by atoms with Crippen LogP contribution in [0.2, 0.25) is 0 Å². The number of hydrogen-bond donors (Lipinski definition) is 0. The van der Waals surface area contributed by atoms with Gasteiger partial charge in [-0.1, -0.05) is 56.5 Å². The van der Waals surface area contributed by atoms with Crippen molar-refractivity contribution in [3.63, 3.8) is 0 Å². The maximum Gasteiger partial charge on any atom is 0.253 e. The molecule has 0 saturated carbocycles. The molecule has 1 aliphatic heterocycles. The molecule has 0 bridgehead atoms. The fourth-order valence-electron chi connectivity index (χ4n) is 5.16. The van der Waals surface area contributed by atoms with Gasteiger partial charge in [0.2, 0.25) is 0 Å². The number of nitrogens with zero attached hydrogens (tertiary/aromatic N) is 6. The van der Waals surface area contributed by atoms with Crippen LogP contribution in [0.3, 0.4) is 0 Å². The van der Waals surface area contributed by atoms with Gasteiger partial charge in [-0.15, -0.1) is 0 Å². The summed E-state index contributed by atoms with van der Waals surface area (Å²) in [5.41, 5.74) is 4.74. The summed E-state index contributed by atoms with van der Waals surface area (Å²) >= 11 is 0. The van der Waals surface area contributed by atoms with Gasteiger partial charge in [0.25, 0.3) is 10.0 Å². The molecule has 0 atom stereocenters. The zero-order chi connectivity index (χ0) is 26.4. The maximum absolute atomic E-state index is 12.7. The van der Waals surface area contributed by atoms with Gasteiger partial charge in [-0.25, -0.2) is 17.9 Å². The molecule has 38 heavy (non-hydrogen) atoms. The van der Waals surface area contributed by atoms with Crippen molar-refractivity contribution in [1.82, 2.24) is 28.7 Å². The summed E-state index contributed by atoms with van der Waals surface area (Å²) in [6.45, 7) is 5.82. The fraction of sp³-hybridized carbons (Fsp3) is 0.483. The molecule has 0 N–H and O–H groups in total. The van der Waals surface area contributed by atoms with Crippen molar-refractivity contribution in [3.05, 3.63) is 71.8 Å². The van der Waals surface area contributed by atoms with Crippen molar-refractivity contribution in [2.75, 3.05) is 25.4 Å². The SMILES string of the molecule is CCCCCCS(=O)(=O)n1cc(-c2cccc3nc(Cc4ccc(CCCN5CCCC5)cc4)nn23)cn1. The molecule has 0 amide bonds. The number of hydrogen-bond acceptors (Lipinski definition) is 6. The Labute approximate surface area is 225 Å². The second-order valence-electron chi connectivity index (χ2n) is 10.3. The standard InChI is InChI=1S/C29H38N6O2S/c1-2-3-4-7-20-38(36,37)34-23-26(22-30-34)27-11-8-12-29-31-28(32-35(27)29)21-25-15-13-24(14-16-25)10-9-19-33-17-5-6-18-33/h8,11-16,22-23H,2-7,9-10,17-21H2,1H3. The molecule has 0 aliphatic carbocycles. The smallest absolute Gasteiger partial charge is 0.253 e. The number of benzene rings is 1. The summed E-state index contributed by atoms with van der Waals surface area (Å²) in [4.78, 5) is 7.29. The van der Waals surface area contributed by atoms with Crippen molar-refractivity contribution in [2.24, 2.45) is 0 Å². The monoisotopic (exact) mass is 534 g/mol. The van der Waals surface area contributed by atoms with Gasteiger partial charge < -0.3 is 4.90 Å².